The van der Waals surface area contributed by atoms with Gasteiger partial charge in [-0.15, -0.1) is 0 Å². The van der Waals surface area contributed by atoms with Crippen LogP contribution in [0.15, 0.2) is 30.5 Å². The summed E-state index contributed by atoms with van der Waals surface area (Å²) in [6.07, 6.45) is 4.57. The third-order valence-electron chi connectivity index (χ3n) is 5.44. The summed E-state index contributed by atoms with van der Waals surface area (Å²) in [6, 6.07) is 5.53. The van der Waals surface area contributed by atoms with E-state index in [9.17, 15) is 14.0 Å². The Morgan fingerprint density at radius 1 is 1.12 bits per heavy atom. The number of urea groups is 1. The molecule has 1 aromatic heterocycles. The predicted molar refractivity (Wildman–Crippen MR) is 126 cm³/mol. The molecule has 10 heteroatoms. The van der Waals surface area contributed by atoms with Gasteiger partial charge in [0, 0.05) is 35.5 Å². The maximum absolute atomic E-state index is 13.5. The molecule has 0 saturated heterocycles. The van der Waals surface area contributed by atoms with Crippen molar-refractivity contribution in [3.05, 3.63) is 41.3 Å². The van der Waals surface area contributed by atoms with Crippen LogP contribution in [0.1, 0.15) is 25.7 Å². The summed E-state index contributed by atoms with van der Waals surface area (Å²) in [6.45, 7) is 0.362. The first-order chi connectivity index (χ1) is 15.7. The summed E-state index contributed by atoms with van der Waals surface area (Å²) in [4.78, 5) is 30.4. The third kappa shape index (κ3) is 7.03. The zero-order valence-corrected chi connectivity index (χ0v) is 19.7. The number of carbonyl (C=O) groups is 2. The van der Waals surface area contributed by atoms with E-state index in [1.54, 1.807) is 12.1 Å². The summed E-state index contributed by atoms with van der Waals surface area (Å²) in [5.74, 6) is 0.220. The smallest absolute Gasteiger partial charge is 0.320 e. The molecule has 1 heterocycles. The van der Waals surface area contributed by atoms with Gasteiger partial charge in [-0.25, -0.2) is 14.2 Å². The Hall–Kier alpha value is -2.91. The number of hydrogen-bond donors (Lipinski definition) is 3. The van der Waals surface area contributed by atoms with Crippen molar-refractivity contribution in [2.24, 2.45) is 0 Å². The molecule has 33 heavy (non-hydrogen) atoms. The number of pyridine rings is 1. The van der Waals surface area contributed by atoms with Gasteiger partial charge in [-0.05, 0) is 58.0 Å². The van der Waals surface area contributed by atoms with Crippen molar-refractivity contribution in [3.63, 3.8) is 0 Å². The first-order valence-corrected chi connectivity index (χ1v) is 11.1. The van der Waals surface area contributed by atoms with E-state index in [2.05, 4.69) is 20.9 Å². The molecule has 3 N–H and O–H groups in total. The minimum absolute atomic E-state index is 0.0102. The minimum atomic E-state index is -0.425. The first-order valence-electron chi connectivity index (χ1n) is 10.8. The van der Waals surface area contributed by atoms with Crippen LogP contribution in [0.4, 0.5) is 15.0 Å². The number of aromatic nitrogens is 1. The molecule has 0 bridgehead atoms. The highest BCUT2D eigenvalue weighted by Crippen LogP contribution is 2.36. The van der Waals surface area contributed by atoms with Gasteiger partial charge >= 0.3 is 6.03 Å². The largest absolute Gasteiger partial charge is 0.496 e. The Labute approximate surface area is 197 Å². The highest BCUT2D eigenvalue weighted by molar-refractivity contribution is 6.33. The second-order valence-corrected chi connectivity index (χ2v) is 8.75. The van der Waals surface area contributed by atoms with Crippen molar-refractivity contribution in [2.45, 2.75) is 37.8 Å². The van der Waals surface area contributed by atoms with Gasteiger partial charge in [0.25, 0.3) is 0 Å². The highest BCUT2D eigenvalue weighted by atomic mass is 35.5. The predicted octanol–water partition coefficient (Wildman–Crippen LogP) is 3.66. The van der Waals surface area contributed by atoms with Crippen LogP contribution in [-0.4, -0.2) is 61.7 Å². The van der Waals surface area contributed by atoms with Crippen LogP contribution in [0.2, 0.25) is 5.02 Å². The molecule has 178 valence electrons. The zero-order valence-electron chi connectivity index (χ0n) is 19.0. The van der Waals surface area contributed by atoms with E-state index in [1.165, 1.54) is 25.4 Å². The fraction of sp³-hybridized carbons (Fsp3) is 0.435. The van der Waals surface area contributed by atoms with Gasteiger partial charge in [-0.3, -0.25) is 10.1 Å². The molecule has 0 radical (unpaired) electrons. The number of rotatable bonds is 7. The van der Waals surface area contributed by atoms with E-state index in [0.29, 0.717) is 34.3 Å². The van der Waals surface area contributed by atoms with Crippen LogP contribution < -0.4 is 20.7 Å². The quantitative estimate of drug-likeness (QED) is 0.565. The fourth-order valence-corrected chi connectivity index (χ4v) is 4.09. The van der Waals surface area contributed by atoms with E-state index in [4.69, 9.17) is 16.3 Å². The first kappa shape index (κ1) is 24.7. The molecule has 1 saturated carbocycles. The summed E-state index contributed by atoms with van der Waals surface area (Å²) < 4.78 is 18.8. The standard InChI is InChI=1S/C23H29ClFN5O3/c1-30(2)13-22(31)27-15-5-7-16(8-6-15)28-23(32)29-21-11-18(19(24)12-26-21)17-9-4-14(25)10-20(17)33-3/h4,9-12,15-16H,5-8,13H2,1-3H3,(H,27,31)(H2,26,28,29,32). The molecule has 3 rings (SSSR count). The maximum Gasteiger partial charge on any atom is 0.320 e. The summed E-state index contributed by atoms with van der Waals surface area (Å²) in [5, 5.41) is 9.08. The van der Waals surface area contributed by atoms with Crippen molar-refractivity contribution in [3.8, 4) is 16.9 Å². The van der Waals surface area contributed by atoms with Crippen LogP contribution in [-0.2, 0) is 4.79 Å². The number of hydrogen-bond acceptors (Lipinski definition) is 5. The average Bonchev–Trinajstić information content (AvgIpc) is 2.76. The number of likely N-dealkylation sites (N-methyl/N-ethyl adjacent to an activating group) is 1. The van der Waals surface area contributed by atoms with E-state index >= 15 is 0 Å². The van der Waals surface area contributed by atoms with Crippen LogP contribution in [0.5, 0.6) is 5.75 Å². The summed E-state index contributed by atoms with van der Waals surface area (Å²) >= 11 is 6.30. The number of anilines is 1. The normalized spacial score (nSPS) is 18.0. The number of benzene rings is 1. The number of halogens is 2. The zero-order chi connectivity index (χ0) is 24.0. The van der Waals surface area contributed by atoms with E-state index in [-0.39, 0.29) is 24.0 Å². The third-order valence-corrected chi connectivity index (χ3v) is 5.74. The van der Waals surface area contributed by atoms with E-state index in [1.807, 2.05) is 19.0 Å². The van der Waals surface area contributed by atoms with Crippen molar-refractivity contribution in [1.29, 1.82) is 0 Å². The van der Waals surface area contributed by atoms with Crippen molar-refractivity contribution in [1.82, 2.24) is 20.5 Å². The van der Waals surface area contributed by atoms with E-state index in [0.717, 1.165) is 25.7 Å². The number of ether oxygens (including phenoxy) is 1. The van der Waals surface area contributed by atoms with Crippen LogP contribution in [0, 0.1) is 5.82 Å². The Morgan fingerprint density at radius 2 is 1.79 bits per heavy atom. The summed E-state index contributed by atoms with van der Waals surface area (Å²) in [5.41, 5.74) is 1.15. The van der Waals surface area contributed by atoms with Crippen LogP contribution in [0.3, 0.4) is 0 Å². The molecule has 0 unspecified atom stereocenters. The fourth-order valence-electron chi connectivity index (χ4n) is 3.88. The molecule has 1 fully saturated rings. The molecule has 2 aromatic rings. The van der Waals surface area contributed by atoms with Crippen LogP contribution in [0.25, 0.3) is 11.1 Å². The second kappa shape index (κ2) is 11.3. The van der Waals surface area contributed by atoms with Gasteiger partial charge in [-0.2, -0.15) is 0 Å². The van der Waals surface area contributed by atoms with Gasteiger partial charge in [0.2, 0.25) is 5.91 Å². The lowest BCUT2D eigenvalue weighted by atomic mass is 9.91. The van der Waals surface area contributed by atoms with Crippen LogP contribution >= 0.6 is 11.6 Å². The van der Waals surface area contributed by atoms with Crippen molar-refractivity contribution < 1.29 is 18.7 Å². The second-order valence-electron chi connectivity index (χ2n) is 8.35. The lowest BCUT2D eigenvalue weighted by Crippen LogP contribution is -2.46. The minimum Gasteiger partial charge on any atom is -0.496 e. The lowest BCUT2D eigenvalue weighted by molar-refractivity contribution is -0.122. The molecule has 8 nitrogen and oxygen atoms in total. The van der Waals surface area contributed by atoms with Gasteiger partial charge in [0.15, 0.2) is 0 Å². The van der Waals surface area contributed by atoms with Gasteiger partial charge in [0.1, 0.15) is 17.4 Å². The van der Waals surface area contributed by atoms with E-state index < -0.39 is 5.82 Å². The Kier molecular flexibility index (Phi) is 8.46. The molecule has 1 aliphatic rings. The monoisotopic (exact) mass is 477 g/mol. The molecular formula is C23H29ClFN5O3. The highest BCUT2D eigenvalue weighted by Gasteiger charge is 2.24. The number of nitrogens with one attached hydrogen (secondary N) is 3. The SMILES string of the molecule is COc1cc(F)ccc1-c1cc(NC(=O)NC2CCC(NC(=O)CN(C)C)CC2)ncc1Cl. The Morgan fingerprint density at radius 3 is 2.42 bits per heavy atom. The number of amides is 3. The molecule has 1 aliphatic carbocycles. The number of carbonyl (C=O) groups excluding carboxylic acids is 2. The molecule has 0 atom stereocenters. The summed E-state index contributed by atoms with van der Waals surface area (Å²) in [7, 11) is 5.16. The average molecular weight is 478 g/mol. The molecular weight excluding hydrogens is 449 g/mol. The topological polar surface area (TPSA) is 95.6 Å². The Balaban J connectivity index is 1.56. The maximum atomic E-state index is 13.5. The van der Waals surface area contributed by atoms with Gasteiger partial charge in [-0.1, -0.05) is 11.6 Å². The van der Waals surface area contributed by atoms with Gasteiger partial charge < -0.3 is 20.3 Å². The molecule has 0 aliphatic heterocycles. The number of nitrogens with zero attached hydrogens (tertiary/aromatic N) is 2. The molecule has 1 aromatic carbocycles. The Bertz CT molecular complexity index is 996. The molecule has 0 spiro atoms. The van der Waals surface area contributed by atoms with Crippen molar-refractivity contribution in [2.75, 3.05) is 33.1 Å². The lowest BCUT2D eigenvalue weighted by Gasteiger charge is -2.30. The molecule has 3 amide bonds. The van der Waals surface area contributed by atoms with Gasteiger partial charge in [0.05, 0.1) is 18.7 Å². The van der Waals surface area contributed by atoms with Crippen molar-refractivity contribution >= 4 is 29.4 Å². The number of methoxy groups -OCH3 is 1.